The minimum absolute atomic E-state index is 0.0714. The average molecular weight is 450 g/mol. The Bertz CT molecular complexity index is 807. The van der Waals surface area contributed by atoms with Crippen molar-refractivity contribution in [2.75, 3.05) is 33.9 Å². The second-order valence-corrected chi connectivity index (χ2v) is 11.8. The van der Waals surface area contributed by atoms with Gasteiger partial charge in [-0.3, -0.25) is 9.69 Å². The minimum atomic E-state index is -0.922. The predicted octanol–water partition coefficient (Wildman–Crippen LogP) is 1.45. The van der Waals surface area contributed by atoms with Crippen LogP contribution in [-0.4, -0.2) is 85.0 Å². The van der Waals surface area contributed by atoms with Crippen molar-refractivity contribution in [3.8, 4) is 0 Å². The Balaban J connectivity index is 1.55. The molecule has 7 heteroatoms. The summed E-state index contributed by atoms with van der Waals surface area (Å²) in [5, 5.41) is 23.9. The van der Waals surface area contributed by atoms with E-state index in [2.05, 4.69) is 11.8 Å². The Morgan fingerprint density at radius 3 is 2.62 bits per heavy atom. The molecule has 1 aliphatic heterocycles. The highest BCUT2D eigenvalue weighted by Crippen LogP contribution is 2.79. The lowest BCUT2D eigenvalue weighted by Gasteiger charge is -2.69. The van der Waals surface area contributed by atoms with Crippen LogP contribution in [0, 0.1) is 40.4 Å². The van der Waals surface area contributed by atoms with Gasteiger partial charge in [-0.2, -0.15) is 0 Å². The highest BCUT2D eigenvalue weighted by atomic mass is 16.5. The molecule has 7 nitrogen and oxygen atoms in total. The number of methoxy groups -OCH3 is 2. The number of hydrogen-bond acceptors (Lipinski definition) is 7. The molecule has 5 aliphatic carbocycles. The molecule has 5 saturated carbocycles. The Kier molecular flexibility index (Phi) is 4.70. The smallest absolute Gasteiger partial charge is 0.302 e. The van der Waals surface area contributed by atoms with E-state index in [1.807, 2.05) is 7.11 Å². The van der Waals surface area contributed by atoms with Crippen molar-refractivity contribution in [2.45, 2.75) is 75.9 Å². The third-order valence-electron chi connectivity index (χ3n) is 11.3. The van der Waals surface area contributed by atoms with E-state index >= 15 is 0 Å². The van der Waals surface area contributed by atoms with Crippen LogP contribution in [0.15, 0.2) is 0 Å². The first-order chi connectivity index (χ1) is 15.3. The molecular weight excluding hydrogens is 410 g/mol. The number of aliphatic hydroxyl groups is 2. The summed E-state index contributed by atoms with van der Waals surface area (Å²) >= 11 is 0. The highest BCUT2D eigenvalue weighted by molar-refractivity contribution is 5.66. The Hall–Kier alpha value is -0.730. The molecule has 6 aliphatic rings. The molecule has 1 heterocycles. The van der Waals surface area contributed by atoms with Crippen LogP contribution in [-0.2, 0) is 19.0 Å². The van der Waals surface area contributed by atoms with E-state index in [-0.39, 0.29) is 58.7 Å². The lowest BCUT2D eigenvalue weighted by Crippen LogP contribution is -2.76. The van der Waals surface area contributed by atoms with E-state index in [9.17, 15) is 15.0 Å². The van der Waals surface area contributed by atoms with Gasteiger partial charge in [-0.05, 0) is 44.1 Å². The molecule has 1 spiro atoms. The molecule has 0 radical (unpaired) electrons. The van der Waals surface area contributed by atoms with Crippen LogP contribution in [0.1, 0.15) is 46.0 Å². The SMILES string of the molecule is CCN1C[C@]2(COC(C)=O)CC[C@@H](OC)[C@@]34[C@@H]5C[C@H]6[C@@H](O)[C@@H]5[C@](O)(C[C@@H]6OC)[C@@H](C[C@H]23)[C@@H]14. The molecule has 32 heavy (non-hydrogen) atoms. The molecule has 0 aromatic carbocycles. The van der Waals surface area contributed by atoms with Crippen LogP contribution < -0.4 is 0 Å². The fourth-order valence-corrected chi connectivity index (χ4v) is 10.6. The van der Waals surface area contributed by atoms with Crippen LogP contribution in [0.25, 0.3) is 0 Å². The summed E-state index contributed by atoms with van der Waals surface area (Å²) in [5.41, 5.74) is -1.16. The van der Waals surface area contributed by atoms with Crippen molar-refractivity contribution in [1.82, 2.24) is 4.90 Å². The number of piperidine rings is 1. The number of ether oxygens (including phenoxy) is 3. The maximum atomic E-state index is 12.4. The summed E-state index contributed by atoms with van der Waals surface area (Å²) in [6, 6.07) is 0.237. The zero-order chi connectivity index (χ0) is 22.6. The molecule has 12 atom stereocenters. The van der Waals surface area contributed by atoms with E-state index in [1.54, 1.807) is 7.11 Å². The number of nitrogens with zero attached hydrogens (tertiary/aromatic N) is 1. The summed E-state index contributed by atoms with van der Waals surface area (Å²) < 4.78 is 17.9. The molecule has 0 amide bonds. The minimum Gasteiger partial charge on any atom is -0.465 e. The molecule has 180 valence electrons. The van der Waals surface area contributed by atoms with Crippen LogP contribution >= 0.6 is 0 Å². The maximum Gasteiger partial charge on any atom is 0.302 e. The quantitative estimate of drug-likeness (QED) is 0.614. The second-order valence-electron chi connectivity index (χ2n) is 11.8. The first kappa shape index (κ1) is 21.8. The Morgan fingerprint density at radius 1 is 1.19 bits per heavy atom. The summed E-state index contributed by atoms with van der Waals surface area (Å²) in [6.45, 7) is 5.97. The number of hydrogen-bond donors (Lipinski definition) is 2. The standard InChI is InChI=1S/C25H39NO6/c1-5-26-11-23(12-32-13(2)27)7-6-19(31-4)25-15-8-14-17(30-3)10-24(29,20(15)21(14)28)16(22(25)26)9-18(23)25/h14-22,28-29H,5-12H2,1-4H3/t14-,15-,16+,17+,18-,19-,20-,21-,22-,23+,24+,25-/m1/s1. The van der Waals surface area contributed by atoms with Crippen LogP contribution in [0.4, 0.5) is 0 Å². The van der Waals surface area contributed by atoms with Gasteiger partial charge < -0.3 is 24.4 Å². The lowest BCUT2D eigenvalue weighted by atomic mass is 9.43. The molecule has 6 rings (SSSR count). The van der Waals surface area contributed by atoms with E-state index in [0.29, 0.717) is 18.9 Å². The summed E-state index contributed by atoms with van der Waals surface area (Å²) in [7, 11) is 3.56. The number of rotatable bonds is 5. The van der Waals surface area contributed by atoms with Crippen molar-refractivity contribution in [3.05, 3.63) is 0 Å². The number of likely N-dealkylation sites (tertiary alicyclic amines) is 1. The second kappa shape index (κ2) is 6.91. The van der Waals surface area contributed by atoms with Crippen LogP contribution in [0.5, 0.6) is 0 Å². The first-order valence-corrected chi connectivity index (χ1v) is 12.6. The van der Waals surface area contributed by atoms with Gasteiger partial charge in [0.05, 0.1) is 30.5 Å². The van der Waals surface area contributed by atoms with Gasteiger partial charge in [0.1, 0.15) is 0 Å². The highest BCUT2D eigenvalue weighted by Gasteiger charge is 2.83. The van der Waals surface area contributed by atoms with Crippen molar-refractivity contribution >= 4 is 5.97 Å². The van der Waals surface area contributed by atoms with Gasteiger partial charge >= 0.3 is 5.97 Å². The molecule has 0 aromatic rings. The largest absolute Gasteiger partial charge is 0.465 e. The number of aliphatic hydroxyl groups excluding tert-OH is 1. The van der Waals surface area contributed by atoms with Crippen molar-refractivity contribution in [2.24, 2.45) is 40.4 Å². The van der Waals surface area contributed by atoms with Gasteiger partial charge in [-0.1, -0.05) is 6.92 Å². The van der Waals surface area contributed by atoms with Gasteiger partial charge in [0.2, 0.25) is 0 Å². The van der Waals surface area contributed by atoms with Gasteiger partial charge in [0.25, 0.3) is 0 Å². The number of esters is 1. The molecule has 2 N–H and O–H groups in total. The van der Waals surface area contributed by atoms with E-state index in [4.69, 9.17) is 14.2 Å². The van der Waals surface area contributed by atoms with Crippen molar-refractivity contribution < 1.29 is 29.2 Å². The average Bonchev–Trinajstić information content (AvgIpc) is 3.19. The summed E-state index contributed by atoms with van der Waals surface area (Å²) in [4.78, 5) is 14.4. The van der Waals surface area contributed by atoms with Gasteiger partial charge in [0, 0.05) is 68.7 Å². The normalized spacial score (nSPS) is 57.5. The zero-order valence-corrected chi connectivity index (χ0v) is 19.8. The van der Waals surface area contributed by atoms with E-state index in [0.717, 1.165) is 38.8 Å². The van der Waals surface area contributed by atoms with Crippen molar-refractivity contribution in [1.29, 1.82) is 0 Å². The van der Waals surface area contributed by atoms with Crippen LogP contribution in [0.3, 0.4) is 0 Å². The van der Waals surface area contributed by atoms with Crippen LogP contribution in [0.2, 0.25) is 0 Å². The van der Waals surface area contributed by atoms with Gasteiger partial charge in [-0.15, -0.1) is 0 Å². The zero-order valence-electron chi connectivity index (χ0n) is 19.8. The molecule has 0 unspecified atom stereocenters. The van der Waals surface area contributed by atoms with Gasteiger partial charge in [0.15, 0.2) is 0 Å². The number of fused-ring (bicyclic) bond motifs is 2. The van der Waals surface area contributed by atoms with E-state index < -0.39 is 11.7 Å². The monoisotopic (exact) mass is 449 g/mol. The fraction of sp³-hybridized carbons (Fsp3) is 0.960. The van der Waals surface area contributed by atoms with Crippen molar-refractivity contribution in [3.63, 3.8) is 0 Å². The lowest BCUT2D eigenvalue weighted by molar-refractivity contribution is -0.276. The molecule has 0 aromatic heterocycles. The van der Waals surface area contributed by atoms with E-state index in [1.165, 1.54) is 6.92 Å². The fourth-order valence-electron chi connectivity index (χ4n) is 10.6. The maximum absolute atomic E-state index is 12.4. The van der Waals surface area contributed by atoms with Gasteiger partial charge in [-0.25, -0.2) is 0 Å². The first-order valence-electron chi connectivity index (χ1n) is 12.6. The number of carbonyl (C=O) groups excluding carboxylic acids is 1. The molecule has 1 saturated heterocycles. The molecular formula is C25H39NO6. The number of carbonyl (C=O) groups is 1. The topological polar surface area (TPSA) is 88.5 Å². The summed E-state index contributed by atoms with van der Waals surface area (Å²) in [5.74, 6) is 0.333. The third kappa shape index (κ3) is 2.28. The molecule has 6 fully saturated rings. The Labute approximate surface area is 190 Å². The Morgan fingerprint density at radius 2 is 1.97 bits per heavy atom. The molecule has 7 bridgehead atoms. The summed E-state index contributed by atoms with van der Waals surface area (Å²) in [6.07, 6.45) is 3.81. The predicted molar refractivity (Wildman–Crippen MR) is 116 cm³/mol. The third-order valence-corrected chi connectivity index (χ3v) is 11.3.